The van der Waals surface area contributed by atoms with E-state index in [1.807, 2.05) is 0 Å². The summed E-state index contributed by atoms with van der Waals surface area (Å²) in [6.07, 6.45) is -38.7. The average molecular weight is 1320 g/mol. The van der Waals surface area contributed by atoms with E-state index in [1.165, 1.54) is 0 Å². The van der Waals surface area contributed by atoms with Crippen LogP contribution in [-0.4, -0.2) is 291 Å². The highest BCUT2D eigenvalue weighted by molar-refractivity contribution is 5.80. The molecule has 526 valence electrons. The molecule has 11 aliphatic rings. The van der Waals surface area contributed by atoms with Crippen LogP contribution in [0.2, 0.25) is 0 Å². The van der Waals surface area contributed by atoms with Crippen molar-refractivity contribution in [3.63, 3.8) is 0 Å². The highest BCUT2D eigenvalue weighted by Crippen LogP contribution is 2.76. The molecule has 0 aromatic rings. The fourth-order valence-corrected chi connectivity index (χ4v) is 18.6. The van der Waals surface area contributed by atoms with Crippen LogP contribution in [0.3, 0.4) is 0 Å². The first-order valence-corrected chi connectivity index (χ1v) is 32.4. The third kappa shape index (κ3) is 11.7. The number of carbonyl (C=O) groups excluding carboxylic acids is 1. The van der Waals surface area contributed by atoms with E-state index in [4.69, 9.17) is 52.1 Å². The molecule has 10 fully saturated rings. The molecule has 0 radical (unpaired) electrons. The lowest BCUT2D eigenvalue weighted by Crippen LogP contribution is -2.68. The monoisotopic (exact) mass is 1320 g/mol. The van der Waals surface area contributed by atoms with Gasteiger partial charge in [-0.2, -0.15) is 0 Å². The summed E-state index contributed by atoms with van der Waals surface area (Å²) in [5.74, 6) is -2.73. The molecule has 30 heteroatoms. The molecule has 0 spiro atoms. The molecule has 11 rings (SSSR count). The Morgan fingerprint density at radius 1 is 0.565 bits per heavy atom. The lowest BCUT2D eigenvalue weighted by molar-refractivity contribution is -0.403. The van der Waals surface area contributed by atoms with Crippen molar-refractivity contribution in [2.45, 2.75) is 285 Å². The summed E-state index contributed by atoms with van der Waals surface area (Å²) in [5, 5.41) is 187. The molecular formula is C62H98O30. The highest BCUT2D eigenvalue weighted by Gasteiger charge is 2.72. The van der Waals surface area contributed by atoms with Gasteiger partial charge in [0, 0.05) is 0 Å². The lowest BCUT2D eigenvalue weighted by Gasteiger charge is -2.71. The number of ether oxygens (including phenoxy) is 11. The molecular weight excluding hydrogens is 1220 g/mol. The molecule has 17 N–H and O–H groups in total. The van der Waals surface area contributed by atoms with Crippen LogP contribution in [0.25, 0.3) is 0 Å². The zero-order valence-corrected chi connectivity index (χ0v) is 52.8. The van der Waals surface area contributed by atoms with E-state index in [2.05, 4.69) is 54.5 Å². The van der Waals surface area contributed by atoms with E-state index in [0.717, 1.165) is 18.4 Å². The second kappa shape index (κ2) is 25.7. The molecule has 34 atom stereocenters. The van der Waals surface area contributed by atoms with Crippen molar-refractivity contribution in [1.82, 2.24) is 0 Å². The topological polar surface area (TPSA) is 480 Å². The number of esters is 1. The van der Waals surface area contributed by atoms with Gasteiger partial charge in [-0.25, -0.2) is 4.79 Å². The van der Waals surface area contributed by atoms with Crippen molar-refractivity contribution >= 4 is 11.9 Å². The minimum atomic E-state index is -2.28. The number of hydrogen-bond donors (Lipinski definition) is 17. The van der Waals surface area contributed by atoms with Crippen LogP contribution < -0.4 is 0 Å². The number of aliphatic hydroxyl groups excluding tert-OH is 15. The SMILES string of the molecule is CC1(C)CC[C@]2(C(=O)O[C@H]3CC[C@@H](O)[C@H](O)[C@H]3O[C@@H]3O[C@H](O)[C@@H](O[C@@H]4OC[C@H](O)[C@H](O[C@H]5OC[C@@H](O)[C@@H](O)[C@H]5O)[C@H]4O)[C@H](O[C@@H]4OC[C@@](O)(CO)[C@@H]4O)[C@H]3O)[C@@H](O)C[C@@]3(C)C(=CC[C@H]4[C@]5(C)CC[C@H](O[C@H]6O[C@@H](C(=O)O)[C@H](O)[C@@H](O)[C@@H]6O)C(C)(C)[C@@H]5CC[C@]43C)[C@@H]2C1. The van der Waals surface area contributed by atoms with Crippen LogP contribution in [0.1, 0.15) is 119 Å². The van der Waals surface area contributed by atoms with Gasteiger partial charge in [0.1, 0.15) is 109 Å². The minimum absolute atomic E-state index is 0.0385. The number of carbonyl (C=O) groups is 2. The van der Waals surface area contributed by atoms with Gasteiger partial charge >= 0.3 is 11.9 Å². The van der Waals surface area contributed by atoms with E-state index in [1.54, 1.807) is 0 Å². The first-order chi connectivity index (χ1) is 43.0. The summed E-state index contributed by atoms with van der Waals surface area (Å²) < 4.78 is 64.7. The summed E-state index contributed by atoms with van der Waals surface area (Å²) in [6, 6.07) is 0. The Morgan fingerprint density at radius 2 is 1.18 bits per heavy atom. The molecule has 0 amide bonds. The number of rotatable bonds is 14. The van der Waals surface area contributed by atoms with Crippen LogP contribution >= 0.6 is 0 Å². The first-order valence-electron chi connectivity index (χ1n) is 32.4. The smallest absolute Gasteiger partial charge is 0.335 e. The first kappa shape index (κ1) is 70.9. The number of hydrogen-bond acceptors (Lipinski definition) is 29. The molecule has 30 nitrogen and oxygen atoms in total. The molecule has 5 saturated carbocycles. The fourth-order valence-electron chi connectivity index (χ4n) is 18.6. The van der Waals surface area contributed by atoms with Crippen molar-refractivity contribution in [2.24, 2.45) is 50.2 Å². The predicted octanol–water partition coefficient (Wildman–Crippen LogP) is -4.00. The summed E-state index contributed by atoms with van der Waals surface area (Å²) in [6.45, 7) is 12.4. The summed E-state index contributed by atoms with van der Waals surface area (Å²) in [5.41, 5.74) is -5.04. The van der Waals surface area contributed by atoms with Crippen molar-refractivity contribution in [1.29, 1.82) is 0 Å². The van der Waals surface area contributed by atoms with Crippen LogP contribution in [0.5, 0.6) is 0 Å². The predicted molar refractivity (Wildman–Crippen MR) is 304 cm³/mol. The third-order valence-electron chi connectivity index (χ3n) is 24.3. The van der Waals surface area contributed by atoms with Crippen LogP contribution in [0.4, 0.5) is 0 Å². The molecule has 0 aromatic carbocycles. The van der Waals surface area contributed by atoms with Gasteiger partial charge in [0.2, 0.25) is 0 Å². The van der Waals surface area contributed by atoms with E-state index in [9.17, 15) is 91.6 Å². The summed E-state index contributed by atoms with van der Waals surface area (Å²) >= 11 is 0. The van der Waals surface area contributed by atoms with Crippen LogP contribution in [0.15, 0.2) is 11.6 Å². The Hall–Kier alpha value is -2.36. The highest BCUT2D eigenvalue weighted by atomic mass is 16.8. The maximum Gasteiger partial charge on any atom is 0.335 e. The Labute approximate surface area is 531 Å². The lowest BCUT2D eigenvalue weighted by atomic mass is 9.33. The molecule has 92 heavy (non-hydrogen) atoms. The van der Waals surface area contributed by atoms with Crippen molar-refractivity contribution in [3.8, 4) is 0 Å². The number of carboxylic acid groups (broad SMARTS) is 1. The standard InChI is InChI=1S/C62H98O30/c1-56(2)16-17-62(25(18-56)24-8-11-31-58(5)14-13-33(86-52-39(73)36(70)37(71)45(90-52)48(77)78)57(3,4)30(58)12-15-59(31,6)60(24,7)19-32(62)67)55(80)85-29-10-9-26(64)35(69)43(29)88-53-41(75)44(89-54-47(76)61(81,22-63)23-84-54)46(49(79)92-53)91-51-40(74)42(28(66)21-83-51)87-50-38(72)34(68)27(65)20-82-50/h8,25-47,49-54,63-76,79,81H,9-23H2,1-7H3,(H,77,78)/t25-,26+,27+,28-,29-,30-,31-,32-,33-,34+,35-,36+,37+,38+,39-,40+,41+,42-,43-,44+,45+,46-,47+,49-,50+,51-,52-,53+,54-,58+,59+,60-,61-,62+/m0/s1. The molecule has 5 heterocycles. The number of allylic oxidation sites excluding steroid dienone is 2. The molecule has 5 aliphatic heterocycles. The second-order valence-corrected chi connectivity index (χ2v) is 30.5. The largest absolute Gasteiger partial charge is 0.479 e. The van der Waals surface area contributed by atoms with Gasteiger partial charge in [0.15, 0.2) is 43.8 Å². The second-order valence-electron chi connectivity index (χ2n) is 30.5. The molecule has 0 bridgehead atoms. The molecule has 6 aliphatic carbocycles. The summed E-state index contributed by atoms with van der Waals surface area (Å²) in [4.78, 5) is 27.7. The quantitative estimate of drug-likeness (QED) is 0.0448. The Kier molecular flexibility index (Phi) is 19.8. The van der Waals surface area contributed by atoms with Gasteiger partial charge in [0.05, 0.1) is 44.7 Å². The third-order valence-corrected chi connectivity index (χ3v) is 24.3. The number of aliphatic hydroxyl groups is 16. The van der Waals surface area contributed by atoms with Gasteiger partial charge < -0.3 is 139 Å². The molecule has 0 unspecified atom stereocenters. The number of aliphatic carboxylic acids is 1. The Balaban J connectivity index is 0.831. The average Bonchev–Trinajstić information content (AvgIpc) is 0.804. The van der Waals surface area contributed by atoms with Crippen LogP contribution in [-0.2, 0) is 61.7 Å². The minimum Gasteiger partial charge on any atom is -0.479 e. The Morgan fingerprint density at radius 3 is 1.86 bits per heavy atom. The van der Waals surface area contributed by atoms with Gasteiger partial charge in [-0.3, -0.25) is 4.79 Å². The van der Waals surface area contributed by atoms with Gasteiger partial charge in [0.25, 0.3) is 0 Å². The number of carboxylic acids is 1. The zero-order chi connectivity index (χ0) is 67.1. The maximum atomic E-state index is 15.7. The van der Waals surface area contributed by atoms with Gasteiger partial charge in [-0.1, -0.05) is 60.1 Å². The fraction of sp³-hybridized carbons (Fsp3) is 0.935. The molecule has 0 aromatic heterocycles. The van der Waals surface area contributed by atoms with Crippen molar-refractivity contribution in [2.75, 3.05) is 26.4 Å². The van der Waals surface area contributed by atoms with Crippen LogP contribution in [0, 0.1) is 50.2 Å². The summed E-state index contributed by atoms with van der Waals surface area (Å²) in [7, 11) is 0. The normalized spacial score (nSPS) is 54.2. The van der Waals surface area contributed by atoms with Crippen molar-refractivity contribution < 1.29 is 149 Å². The number of fused-ring (bicyclic) bond motifs is 7. The van der Waals surface area contributed by atoms with E-state index < -0.39 is 231 Å². The maximum absolute atomic E-state index is 15.7. The van der Waals surface area contributed by atoms with Crippen molar-refractivity contribution in [3.05, 3.63) is 11.6 Å². The molecule has 5 saturated heterocycles. The Bertz CT molecular complexity index is 2670. The van der Waals surface area contributed by atoms with E-state index in [-0.39, 0.29) is 48.3 Å². The zero-order valence-electron chi connectivity index (χ0n) is 52.8. The van der Waals surface area contributed by atoms with Gasteiger partial charge in [-0.15, -0.1) is 0 Å². The van der Waals surface area contributed by atoms with E-state index >= 15 is 4.79 Å². The van der Waals surface area contributed by atoms with E-state index in [0.29, 0.717) is 32.1 Å². The van der Waals surface area contributed by atoms with Gasteiger partial charge in [-0.05, 0) is 115 Å².